The first-order valence-corrected chi connectivity index (χ1v) is 6.81. The molecular weight excluding hydrogens is 260 g/mol. The predicted molar refractivity (Wildman–Crippen MR) is 72.2 cm³/mol. The second-order valence-electron chi connectivity index (χ2n) is 5.27. The maximum absolute atomic E-state index is 12.1. The van der Waals surface area contributed by atoms with Gasteiger partial charge in [-0.15, -0.1) is 0 Å². The number of likely N-dealkylation sites (tertiary alicyclic amines) is 1. The second kappa shape index (κ2) is 5.98. The molecule has 2 unspecified atom stereocenters. The standard InChI is InChI=1S/C14H20N2O4/c1-9-4-3-7-16(12(9)13(17)18)14(19)15-8-11-6-5-10(2)20-11/h5-6,9,12H,3-4,7-8H2,1-2H3,(H,15,19)(H,17,18). The molecule has 2 rings (SSSR count). The summed E-state index contributed by atoms with van der Waals surface area (Å²) in [6, 6.07) is 2.52. The summed E-state index contributed by atoms with van der Waals surface area (Å²) in [6.07, 6.45) is 1.66. The van der Waals surface area contributed by atoms with Gasteiger partial charge in [0.2, 0.25) is 0 Å². The summed E-state index contributed by atoms with van der Waals surface area (Å²) < 4.78 is 5.37. The first-order chi connectivity index (χ1) is 9.49. The van der Waals surface area contributed by atoms with Gasteiger partial charge in [0.1, 0.15) is 17.6 Å². The van der Waals surface area contributed by atoms with Crippen LogP contribution in [-0.4, -0.2) is 34.6 Å². The SMILES string of the molecule is Cc1ccc(CNC(=O)N2CCCC(C)C2C(=O)O)o1. The molecule has 110 valence electrons. The molecule has 1 aromatic heterocycles. The Hall–Kier alpha value is -1.98. The number of rotatable bonds is 3. The van der Waals surface area contributed by atoms with Crippen molar-refractivity contribution in [3.8, 4) is 0 Å². The van der Waals surface area contributed by atoms with E-state index in [0.29, 0.717) is 12.3 Å². The average molecular weight is 280 g/mol. The van der Waals surface area contributed by atoms with Crippen LogP contribution < -0.4 is 5.32 Å². The molecule has 6 heteroatoms. The van der Waals surface area contributed by atoms with Crippen molar-refractivity contribution in [3.05, 3.63) is 23.7 Å². The highest BCUT2D eigenvalue weighted by Crippen LogP contribution is 2.23. The Labute approximate surface area is 117 Å². The van der Waals surface area contributed by atoms with E-state index in [9.17, 15) is 14.7 Å². The van der Waals surface area contributed by atoms with Gasteiger partial charge in [0.15, 0.2) is 0 Å². The number of carbonyl (C=O) groups is 2. The number of nitrogens with zero attached hydrogens (tertiary/aromatic N) is 1. The summed E-state index contributed by atoms with van der Waals surface area (Å²) >= 11 is 0. The van der Waals surface area contributed by atoms with Crippen LogP contribution in [0.5, 0.6) is 0 Å². The summed E-state index contributed by atoms with van der Waals surface area (Å²) in [5.41, 5.74) is 0. The van der Waals surface area contributed by atoms with Gasteiger partial charge >= 0.3 is 12.0 Å². The molecule has 0 aliphatic carbocycles. The van der Waals surface area contributed by atoms with Crippen LogP contribution in [0, 0.1) is 12.8 Å². The molecule has 1 saturated heterocycles. The minimum absolute atomic E-state index is 0.0298. The van der Waals surface area contributed by atoms with Gasteiger partial charge in [-0.1, -0.05) is 6.92 Å². The molecule has 6 nitrogen and oxygen atoms in total. The fourth-order valence-corrected chi connectivity index (χ4v) is 2.64. The number of carbonyl (C=O) groups excluding carboxylic acids is 1. The van der Waals surface area contributed by atoms with E-state index in [2.05, 4.69) is 5.32 Å². The number of aliphatic carboxylic acids is 1. The van der Waals surface area contributed by atoms with E-state index in [4.69, 9.17) is 4.42 Å². The Morgan fingerprint density at radius 2 is 2.25 bits per heavy atom. The van der Waals surface area contributed by atoms with Crippen LogP contribution in [0.15, 0.2) is 16.5 Å². The molecule has 2 heterocycles. The summed E-state index contributed by atoms with van der Waals surface area (Å²) in [5, 5.41) is 12.0. The highest BCUT2D eigenvalue weighted by Gasteiger charge is 2.36. The van der Waals surface area contributed by atoms with Crippen LogP contribution in [-0.2, 0) is 11.3 Å². The molecule has 0 saturated carbocycles. The third kappa shape index (κ3) is 3.12. The molecule has 2 amide bonds. The van der Waals surface area contributed by atoms with Crippen molar-refractivity contribution >= 4 is 12.0 Å². The first kappa shape index (κ1) is 14.4. The average Bonchev–Trinajstić information content (AvgIpc) is 2.81. The van der Waals surface area contributed by atoms with E-state index in [-0.39, 0.29) is 18.5 Å². The highest BCUT2D eigenvalue weighted by molar-refractivity contribution is 5.83. The lowest BCUT2D eigenvalue weighted by atomic mass is 9.91. The lowest BCUT2D eigenvalue weighted by Gasteiger charge is -2.37. The number of urea groups is 1. The number of carboxylic acids is 1. The van der Waals surface area contributed by atoms with E-state index in [1.165, 1.54) is 4.90 Å². The van der Waals surface area contributed by atoms with Crippen molar-refractivity contribution in [1.29, 1.82) is 0 Å². The van der Waals surface area contributed by atoms with Crippen molar-refractivity contribution < 1.29 is 19.1 Å². The van der Waals surface area contributed by atoms with Gasteiger partial charge in [-0.25, -0.2) is 9.59 Å². The number of piperidine rings is 1. The molecular formula is C14H20N2O4. The van der Waals surface area contributed by atoms with Gasteiger partial charge in [0, 0.05) is 6.54 Å². The summed E-state index contributed by atoms with van der Waals surface area (Å²) in [7, 11) is 0. The zero-order chi connectivity index (χ0) is 14.7. The summed E-state index contributed by atoms with van der Waals surface area (Å²) in [4.78, 5) is 24.9. The van der Waals surface area contributed by atoms with Crippen LogP contribution in [0.1, 0.15) is 31.3 Å². The topological polar surface area (TPSA) is 82.8 Å². The zero-order valence-corrected chi connectivity index (χ0v) is 11.8. The van der Waals surface area contributed by atoms with Gasteiger partial charge in [0.05, 0.1) is 6.54 Å². The highest BCUT2D eigenvalue weighted by atomic mass is 16.4. The smallest absolute Gasteiger partial charge is 0.326 e. The number of nitrogens with one attached hydrogen (secondary N) is 1. The molecule has 0 aromatic carbocycles. The van der Waals surface area contributed by atoms with Crippen LogP contribution in [0.3, 0.4) is 0 Å². The molecule has 0 radical (unpaired) electrons. The predicted octanol–water partition coefficient (Wildman–Crippen LogP) is 1.98. The van der Waals surface area contributed by atoms with Crippen molar-refractivity contribution in [1.82, 2.24) is 10.2 Å². The molecule has 1 fully saturated rings. The molecule has 0 bridgehead atoms. The number of aryl methyl sites for hydroxylation is 1. The monoisotopic (exact) mass is 280 g/mol. The Bertz CT molecular complexity index is 497. The normalized spacial score (nSPS) is 22.6. The number of carboxylic acid groups (broad SMARTS) is 1. The molecule has 1 aliphatic heterocycles. The summed E-state index contributed by atoms with van der Waals surface area (Å²) in [6.45, 7) is 4.44. The molecule has 2 N–H and O–H groups in total. The van der Waals surface area contributed by atoms with Gasteiger partial charge in [-0.2, -0.15) is 0 Å². The second-order valence-corrected chi connectivity index (χ2v) is 5.27. The number of hydrogen-bond donors (Lipinski definition) is 2. The van der Waals surface area contributed by atoms with Gasteiger partial charge in [-0.3, -0.25) is 0 Å². The molecule has 0 spiro atoms. The van der Waals surface area contributed by atoms with E-state index in [0.717, 1.165) is 18.6 Å². The Morgan fingerprint density at radius 3 is 2.85 bits per heavy atom. The quantitative estimate of drug-likeness (QED) is 0.887. The number of amides is 2. The lowest BCUT2D eigenvalue weighted by molar-refractivity contribution is -0.145. The van der Waals surface area contributed by atoms with Crippen LogP contribution in [0.25, 0.3) is 0 Å². The fraction of sp³-hybridized carbons (Fsp3) is 0.571. The Balaban J connectivity index is 1.97. The van der Waals surface area contributed by atoms with E-state index >= 15 is 0 Å². The van der Waals surface area contributed by atoms with Crippen LogP contribution in [0.4, 0.5) is 4.79 Å². The first-order valence-electron chi connectivity index (χ1n) is 6.81. The lowest BCUT2D eigenvalue weighted by Crippen LogP contribution is -2.54. The Morgan fingerprint density at radius 1 is 1.50 bits per heavy atom. The summed E-state index contributed by atoms with van der Waals surface area (Å²) in [5.74, 6) is 0.469. The third-order valence-electron chi connectivity index (χ3n) is 3.66. The van der Waals surface area contributed by atoms with E-state index in [1.807, 2.05) is 19.9 Å². The van der Waals surface area contributed by atoms with Gasteiger partial charge in [0.25, 0.3) is 0 Å². The van der Waals surface area contributed by atoms with Crippen LogP contribution in [0.2, 0.25) is 0 Å². The van der Waals surface area contributed by atoms with Crippen molar-refractivity contribution in [2.75, 3.05) is 6.54 Å². The zero-order valence-electron chi connectivity index (χ0n) is 11.8. The van der Waals surface area contributed by atoms with Crippen molar-refractivity contribution in [2.45, 2.75) is 39.3 Å². The maximum atomic E-state index is 12.1. The van der Waals surface area contributed by atoms with E-state index < -0.39 is 12.0 Å². The molecule has 1 aromatic rings. The molecule has 20 heavy (non-hydrogen) atoms. The largest absolute Gasteiger partial charge is 0.480 e. The maximum Gasteiger partial charge on any atom is 0.326 e. The van der Waals surface area contributed by atoms with Gasteiger partial charge in [-0.05, 0) is 37.8 Å². The number of hydrogen-bond acceptors (Lipinski definition) is 3. The van der Waals surface area contributed by atoms with Crippen LogP contribution >= 0.6 is 0 Å². The number of furan rings is 1. The van der Waals surface area contributed by atoms with Crippen molar-refractivity contribution in [3.63, 3.8) is 0 Å². The van der Waals surface area contributed by atoms with Gasteiger partial charge < -0.3 is 19.7 Å². The van der Waals surface area contributed by atoms with Crippen molar-refractivity contribution in [2.24, 2.45) is 5.92 Å². The third-order valence-corrected chi connectivity index (χ3v) is 3.66. The van der Waals surface area contributed by atoms with E-state index in [1.54, 1.807) is 6.07 Å². The Kier molecular flexibility index (Phi) is 4.32. The fourth-order valence-electron chi connectivity index (χ4n) is 2.64. The molecule has 1 aliphatic rings. The minimum Gasteiger partial charge on any atom is -0.480 e. The minimum atomic E-state index is -0.943. The molecule has 2 atom stereocenters.